The maximum Gasteiger partial charge on any atom is 0.586 e. The third-order valence-electron chi connectivity index (χ3n) is 3.97. The fourth-order valence-corrected chi connectivity index (χ4v) is 2.93. The summed E-state index contributed by atoms with van der Waals surface area (Å²) < 4.78 is 34.5. The van der Waals surface area contributed by atoms with Gasteiger partial charge >= 0.3 is 6.29 Å². The van der Waals surface area contributed by atoms with Crippen molar-refractivity contribution < 1.29 is 23.0 Å². The summed E-state index contributed by atoms with van der Waals surface area (Å²) in [5, 5.41) is 2.73. The second kappa shape index (κ2) is 6.26. The average Bonchev–Trinajstić information content (AvgIpc) is 3.00. The number of hydrogen-bond acceptors (Lipinski definition) is 4. The molecule has 8 heteroatoms. The average molecular weight is 335 g/mol. The first-order chi connectivity index (χ1) is 9.98. The number of anilines is 1. The number of halogens is 3. The summed E-state index contributed by atoms with van der Waals surface area (Å²) in [4.78, 5) is 12.2. The molecule has 0 unspecified atom stereocenters. The van der Waals surface area contributed by atoms with Crippen LogP contribution in [0.3, 0.4) is 0 Å². The molecule has 0 spiro atoms. The molecule has 5 nitrogen and oxygen atoms in total. The molecule has 0 aromatic heterocycles. The van der Waals surface area contributed by atoms with E-state index in [1.54, 1.807) is 0 Å². The molecule has 3 N–H and O–H groups in total. The van der Waals surface area contributed by atoms with Crippen molar-refractivity contribution in [1.29, 1.82) is 0 Å². The van der Waals surface area contributed by atoms with Gasteiger partial charge in [-0.25, -0.2) is 0 Å². The van der Waals surface area contributed by atoms with Gasteiger partial charge in [-0.1, -0.05) is 6.42 Å². The molecule has 0 saturated heterocycles. The first kappa shape index (κ1) is 16.8. The second-order valence-corrected chi connectivity index (χ2v) is 5.35. The fraction of sp³-hybridized carbons (Fsp3) is 0.500. The summed E-state index contributed by atoms with van der Waals surface area (Å²) in [6.45, 7) is 0.478. The van der Waals surface area contributed by atoms with Gasteiger partial charge in [-0.05, 0) is 37.4 Å². The van der Waals surface area contributed by atoms with Gasteiger partial charge in [-0.15, -0.1) is 21.2 Å². The van der Waals surface area contributed by atoms with Gasteiger partial charge in [0, 0.05) is 17.7 Å². The fourth-order valence-electron chi connectivity index (χ4n) is 2.93. The molecule has 122 valence electrons. The quantitative estimate of drug-likeness (QED) is 0.891. The van der Waals surface area contributed by atoms with E-state index < -0.39 is 6.29 Å². The number of benzene rings is 1. The maximum atomic E-state index is 12.9. The predicted molar refractivity (Wildman–Crippen MR) is 78.4 cm³/mol. The van der Waals surface area contributed by atoms with Crippen LogP contribution >= 0.6 is 12.4 Å². The highest BCUT2D eigenvalue weighted by Crippen LogP contribution is 2.42. The Balaban J connectivity index is 0.00000176. The zero-order chi connectivity index (χ0) is 15.0. The van der Waals surface area contributed by atoms with Crippen molar-refractivity contribution >= 4 is 24.0 Å². The summed E-state index contributed by atoms with van der Waals surface area (Å²) in [6.07, 6.45) is -0.924. The lowest BCUT2D eigenvalue weighted by Gasteiger charge is -2.17. The Kier molecular flexibility index (Phi) is 4.77. The molecule has 0 radical (unpaired) electrons. The second-order valence-electron chi connectivity index (χ2n) is 5.35. The van der Waals surface area contributed by atoms with E-state index in [4.69, 9.17) is 5.73 Å². The number of carbonyl (C=O) groups is 1. The summed E-state index contributed by atoms with van der Waals surface area (Å²) in [5.74, 6) is -0.197. The molecule has 1 aromatic carbocycles. The predicted octanol–water partition coefficient (Wildman–Crippen LogP) is 2.74. The number of fused-ring (bicyclic) bond motifs is 1. The standard InChI is InChI=1S/C14H16F2N2O3.ClH/c15-14(16)20-11-5-4-9(6-12(11)21-14)18-13(19)10-3-1-2-8(10)7-17;/h4-6,8,10H,1-3,7,17H2,(H,18,19);1H/t8-,10-;/m1./s1. The maximum absolute atomic E-state index is 12.9. The molecule has 1 amide bonds. The lowest BCUT2D eigenvalue weighted by Crippen LogP contribution is -2.29. The third kappa shape index (κ3) is 3.25. The Morgan fingerprint density at radius 3 is 2.77 bits per heavy atom. The number of carbonyl (C=O) groups excluding carboxylic acids is 1. The van der Waals surface area contributed by atoms with E-state index in [9.17, 15) is 13.6 Å². The van der Waals surface area contributed by atoms with Gasteiger partial charge in [0.05, 0.1) is 0 Å². The molecule has 1 aliphatic heterocycles. The highest BCUT2D eigenvalue weighted by Gasteiger charge is 2.43. The molecule has 1 fully saturated rings. The first-order valence-electron chi connectivity index (χ1n) is 6.89. The molecule has 1 aliphatic carbocycles. The van der Waals surface area contributed by atoms with Crippen LogP contribution in [0.2, 0.25) is 0 Å². The molecule has 1 heterocycles. The van der Waals surface area contributed by atoms with Crippen molar-refractivity contribution in [2.75, 3.05) is 11.9 Å². The molecule has 2 atom stereocenters. The lowest BCUT2D eigenvalue weighted by atomic mass is 9.95. The van der Waals surface area contributed by atoms with Crippen LogP contribution in [0.1, 0.15) is 19.3 Å². The van der Waals surface area contributed by atoms with Gasteiger partial charge in [0.1, 0.15) is 0 Å². The summed E-state index contributed by atoms with van der Waals surface area (Å²) in [5.41, 5.74) is 6.06. The Labute approximate surface area is 132 Å². The Bertz CT molecular complexity index is 571. The number of ether oxygens (including phenoxy) is 2. The highest BCUT2D eigenvalue weighted by atomic mass is 35.5. The molecule has 3 rings (SSSR count). The molecular weight excluding hydrogens is 318 g/mol. The van der Waals surface area contributed by atoms with E-state index in [1.165, 1.54) is 18.2 Å². The van der Waals surface area contributed by atoms with E-state index in [1.807, 2.05) is 0 Å². The largest absolute Gasteiger partial charge is 0.586 e. The van der Waals surface area contributed by atoms with Crippen molar-refractivity contribution in [3.8, 4) is 11.5 Å². The van der Waals surface area contributed by atoms with Crippen molar-refractivity contribution in [3.63, 3.8) is 0 Å². The van der Waals surface area contributed by atoms with Crippen molar-refractivity contribution in [1.82, 2.24) is 0 Å². The van der Waals surface area contributed by atoms with Crippen LogP contribution in [0.5, 0.6) is 11.5 Å². The van der Waals surface area contributed by atoms with Crippen LogP contribution in [0, 0.1) is 11.8 Å². The van der Waals surface area contributed by atoms with Gasteiger partial charge in [0.2, 0.25) is 5.91 Å². The third-order valence-corrected chi connectivity index (χ3v) is 3.97. The zero-order valence-corrected chi connectivity index (χ0v) is 12.5. The SMILES string of the molecule is Cl.NC[C@H]1CCC[C@H]1C(=O)Nc1ccc2c(c1)OC(F)(F)O2. The number of nitrogens with one attached hydrogen (secondary N) is 1. The summed E-state index contributed by atoms with van der Waals surface area (Å²) >= 11 is 0. The highest BCUT2D eigenvalue weighted by molar-refractivity contribution is 5.93. The number of nitrogens with two attached hydrogens (primary N) is 1. The van der Waals surface area contributed by atoms with Gasteiger partial charge in [-0.3, -0.25) is 4.79 Å². The molecular formula is C14H17ClF2N2O3. The van der Waals surface area contributed by atoms with Crippen LogP contribution in [0.15, 0.2) is 18.2 Å². The molecule has 22 heavy (non-hydrogen) atoms. The van der Waals surface area contributed by atoms with Gasteiger partial charge < -0.3 is 20.5 Å². The number of rotatable bonds is 3. The van der Waals surface area contributed by atoms with Gasteiger partial charge in [0.15, 0.2) is 11.5 Å². The Morgan fingerprint density at radius 1 is 1.32 bits per heavy atom. The number of hydrogen-bond donors (Lipinski definition) is 2. The van der Waals surface area contributed by atoms with Crippen LogP contribution in [0.4, 0.5) is 14.5 Å². The van der Waals surface area contributed by atoms with Gasteiger partial charge in [0.25, 0.3) is 0 Å². The van der Waals surface area contributed by atoms with Gasteiger partial charge in [-0.2, -0.15) is 0 Å². The van der Waals surface area contributed by atoms with Crippen LogP contribution in [0.25, 0.3) is 0 Å². The number of amides is 1. The topological polar surface area (TPSA) is 73.6 Å². The minimum atomic E-state index is -3.65. The molecule has 2 aliphatic rings. The summed E-state index contributed by atoms with van der Waals surface area (Å²) in [6, 6.07) is 4.19. The zero-order valence-electron chi connectivity index (χ0n) is 11.7. The molecule has 1 aromatic rings. The molecule has 1 saturated carbocycles. The van der Waals surface area contributed by atoms with E-state index in [-0.39, 0.29) is 41.6 Å². The van der Waals surface area contributed by atoms with Crippen LogP contribution in [-0.4, -0.2) is 18.7 Å². The molecule has 0 bridgehead atoms. The smallest absolute Gasteiger partial charge is 0.395 e. The minimum Gasteiger partial charge on any atom is -0.395 e. The Morgan fingerprint density at radius 2 is 2.05 bits per heavy atom. The first-order valence-corrected chi connectivity index (χ1v) is 6.89. The van der Waals surface area contributed by atoms with Crippen molar-refractivity contribution in [2.24, 2.45) is 17.6 Å². The lowest BCUT2D eigenvalue weighted by molar-refractivity contribution is -0.286. The van der Waals surface area contributed by atoms with E-state index in [0.29, 0.717) is 12.2 Å². The number of alkyl halides is 2. The van der Waals surface area contributed by atoms with Crippen molar-refractivity contribution in [3.05, 3.63) is 18.2 Å². The van der Waals surface area contributed by atoms with E-state index >= 15 is 0 Å². The minimum absolute atomic E-state index is 0. The van der Waals surface area contributed by atoms with E-state index in [0.717, 1.165) is 19.3 Å². The van der Waals surface area contributed by atoms with E-state index in [2.05, 4.69) is 14.8 Å². The van der Waals surface area contributed by atoms with Crippen LogP contribution in [-0.2, 0) is 4.79 Å². The van der Waals surface area contributed by atoms with Crippen molar-refractivity contribution in [2.45, 2.75) is 25.6 Å². The monoisotopic (exact) mass is 334 g/mol. The van der Waals surface area contributed by atoms with Crippen LogP contribution < -0.4 is 20.5 Å². The summed E-state index contributed by atoms with van der Waals surface area (Å²) in [7, 11) is 0. The normalized spacial score (nSPS) is 24.7. The Hall–Kier alpha value is -1.60.